The second-order valence-electron chi connectivity index (χ2n) is 7.72. The number of halogens is 1. The summed E-state index contributed by atoms with van der Waals surface area (Å²) in [6.45, 7) is 0.115. The molecule has 31 heavy (non-hydrogen) atoms. The molecule has 1 aliphatic rings. The van der Waals surface area contributed by atoms with E-state index in [0.29, 0.717) is 5.02 Å². The van der Waals surface area contributed by atoms with E-state index >= 15 is 0 Å². The Balaban J connectivity index is 1.38. The van der Waals surface area contributed by atoms with Gasteiger partial charge in [0.1, 0.15) is 5.82 Å². The standard InChI is InChI=1S/C20H20ClN5O3S2/c21-13-2-4-15-16(11-30-18(15)8-13)17-9-20-23-6-5-19(26(20)25-17)24-14-3-1-12(7-14)10-29-31(22,27)28/h2,4-6,8-9,11-12,14,24H,1,3,7,10H2,(H2,22,27,28). The van der Waals surface area contributed by atoms with Gasteiger partial charge in [-0.1, -0.05) is 17.7 Å². The lowest BCUT2D eigenvalue weighted by Gasteiger charge is -2.15. The Morgan fingerprint density at radius 2 is 2.16 bits per heavy atom. The first-order valence-electron chi connectivity index (χ1n) is 9.81. The van der Waals surface area contributed by atoms with Crippen LogP contribution in [0, 0.1) is 5.92 Å². The Kier molecular flexibility index (Phi) is 5.35. The number of anilines is 1. The Morgan fingerprint density at radius 1 is 1.29 bits per heavy atom. The van der Waals surface area contributed by atoms with Gasteiger partial charge in [-0.2, -0.15) is 18.0 Å². The van der Waals surface area contributed by atoms with Gasteiger partial charge < -0.3 is 5.32 Å². The molecule has 3 aromatic heterocycles. The number of hydrogen-bond acceptors (Lipinski definition) is 7. The highest BCUT2D eigenvalue weighted by molar-refractivity contribution is 7.84. The quantitative estimate of drug-likeness (QED) is 0.433. The lowest BCUT2D eigenvalue weighted by molar-refractivity contribution is 0.256. The second kappa shape index (κ2) is 8.03. The fraction of sp³-hybridized carbons (Fsp3) is 0.300. The third kappa shape index (κ3) is 4.39. The molecule has 11 heteroatoms. The van der Waals surface area contributed by atoms with Crippen LogP contribution in [0.5, 0.6) is 0 Å². The van der Waals surface area contributed by atoms with E-state index in [1.165, 1.54) is 0 Å². The zero-order chi connectivity index (χ0) is 21.6. The number of nitrogens with zero attached hydrogens (tertiary/aromatic N) is 3. The number of rotatable bonds is 6. The van der Waals surface area contributed by atoms with Crippen LogP contribution >= 0.6 is 22.9 Å². The number of nitrogens with one attached hydrogen (secondary N) is 1. The van der Waals surface area contributed by atoms with Crippen LogP contribution < -0.4 is 10.5 Å². The van der Waals surface area contributed by atoms with Crippen molar-refractivity contribution in [3.63, 3.8) is 0 Å². The average molecular weight is 478 g/mol. The maximum atomic E-state index is 11.0. The monoisotopic (exact) mass is 477 g/mol. The molecule has 0 spiro atoms. The number of hydrogen-bond donors (Lipinski definition) is 2. The van der Waals surface area contributed by atoms with Gasteiger partial charge in [0, 0.05) is 44.4 Å². The van der Waals surface area contributed by atoms with Crippen molar-refractivity contribution in [1.29, 1.82) is 0 Å². The van der Waals surface area contributed by atoms with Crippen LogP contribution in [0.2, 0.25) is 5.02 Å². The van der Waals surface area contributed by atoms with Gasteiger partial charge in [-0.05, 0) is 43.4 Å². The lowest BCUT2D eigenvalue weighted by Crippen LogP contribution is -2.21. The predicted octanol–water partition coefficient (Wildman–Crippen LogP) is 4.07. The van der Waals surface area contributed by atoms with E-state index in [0.717, 1.165) is 52.1 Å². The van der Waals surface area contributed by atoms with E-state index in [4.69, 9.17) is 26.0 Å². The average Bonchev–Trinajstić information content (AvgIpc) is 3.43. The molecule has 1 aliphatic carbocycles. The van der Waals surface area contributed by atoms with Gasteiger partial charge in [-0.3, -0.25) is 4.18 Å². The molecule has 1 aromatic carbocycles. The molecular weight excluding hydrogens is 458 g/mol. The van der Waals surface area contributed by atoms with Gasteiger partial charge in [0.05, 0.1) is 12.3 Å². The first-order chi connectivity index (χ1) is 14.9. The number of benzene rings is 1. The maximum absolute atomic E-state index is 11.0. The summed E-state index contributed by atoms with van der Waals surface area (Å²) >= 11 is 7.75. The summed E-state index contributed by atoms with van der Waals surface area (Å²) in [5, 5.41) is 17.2. The van der Waals surface area contributed by atoms with Crippen molar-refractivity contribution in [3.05, 3.63) is 46.9 Å². The van der Waals surface area contributed by atoms with Crippen molar-refractivity contribution < 1.29 is 12.6 Å². The van der Waals surface area contributed by atoms with Crippen LogP contribution in [-0.4, -0.2) is 35.7 Å². The minimum atomic E-state index is -3.90. The number of fused-ring (bicyclic) bond motifs is 2. The Bertz CT molecular complexity index is 1370. The van der Waals surface area contributed by atoms with Crippen molar-refractivity contribution in [2.24, 2.45) is 11.1 Å². The summed E-state index contributed by atoms with van der Waals surface area (Å²) in [6, 6.07) is 9.92. The summed E-state index contributed by atoms with van der Waals surface area (Å²) in [6.07, 6.45) is 4.33. The molecule has 0 saturated heterocycles. The van der Waals surface area contributed by atoms with Crippen molar-refractivity contribution in [1.82, 2.24) is 14.6 Å². The predicted molar refractivity (Wildman–Crippen MR) is 123 cm³/mol. The molecule has 0 amide bonds. The summed E-state index contributed by atoms with van der Waals surface area (Å²) in [7, 11) is -3.90. The largest absolute Gasteiger partial charge is 0.367 e. The molecule has 0 radical (unpaired) electrons. The molecule has 8 nitrogen and oxygen atoms in total. The van der Waals surface area contributed by atoms with Gasteiger partial charge >= 0.3 is 10.3 Å². The second-order valence-corrected chi connectivity index (χ2v) is 10.3. The Hall–Kier alpha value is -2.24. The summed E-state index contributed by atoms with van der Waals surface area (Å²) in [5.41, 5.74) is 2.65. The number of thiophene rings is 1. The molecule has 4 aromatic rings. The van der Waals surface area contributed by atoms with E-state index in [1.807, 2.05) is 34.8 Å². The third-order valence-corrected chi connectivity index (χ3v) is 7.18. The molecule has 5 rings (SSSR count). The highest BCUT2D eigenvalue weighted by Crippen LogP contribution is 2.35. The van der Waals surface area contributed by atoms with Crippen LogP contribution in [0.4, 0.5) is 5.82 Å². The zero-order valence-electron chi connectivity index (χ0n) is 16.4. The molecule has 1 fully saturated rings. The van der Waals surface area contributed by atoms with E-state index in [1.54, 1.807) is 17.5 Å². The van der Waals surface area contributed by atoms with Crippen LogP contribution in [0.15, 0.2) is 41.9 Å². The molecule has 3 heterocycles. The van der Waals surface area contributed by atoms with Gasteiger partial charge in [0.2, 0.25) is 0 Å². The SMILES string of the molecule is NS(=O)(=O)OCC1CCC(Nc2ccnc3cc(-c4csc5cc(Cl)ccc45)nn23)C1. The van der Waals surface area contributed by atoms with Crippen molar-refractivity contribution in [2.75, 3.05) is 11.9 Å². The molecule has 3 N–H and O–H groups in total. The van der Waals surface area contributed by atoms with Gasteiger partial charge in [-0.25, -0.2) is 10.1 Å². The lowest BCUT2D eigenvalue weighted by atomic mass is 10.1. The van der Waals surface area contributed by atoms with E-state index < -0.39 is 10.3 Å². The van der Waals surface area contributed by atoms with E-state index in [-0.39, 0.29) is 18.6 Å². The minimum absolute atomic E-state index is 0.115. The van der Waals surface area contributed by atoms with Gasteiger partial charge in [0.15, 0.2) is 5.65 Å². The van der Waals surface area contributed by atoms with Crippen LogP contribution in [-0.2, 0) is 14.5 Å². The molecular formula is C20H20ClN5O3S2. The van der Waals surface area contributed by atoms with Crippen LogP contribution in [0.25, 0.3) is 27.0 Å². The van der Waals surface area contributed by atoms with Gasteiger partial charge in [0.25, 0.3) is 0 Å². The summed E-state index contributed by atoms with van der Waals surface area (Å²) < 4.78 is 29.7. The van der Waals surface area contributed by atoms with Crippen molar-refractivity contribution in [3.8, 4) is 11.3 Å². The minimum Gasteiger partial charge on any atom is -0.367 e. The fourth-order valence-corrected chi connectivity index (χ4v) is 5.71. The number of aromatic nitrogens is 3. The third-order valence-electron chi connectivity index (χ3n) is 5.53. The van der Waals surface area contributed by atoms with Crippen LogP contribution in [0.1, 0.15) is 19.3 Å². The van der Waals surface area contributed by atoms with Crippen LogP contribution in [0.3, 0.4) is 0 Å². The van der Waals surface area contributed by atoms with Gasteiger partial charge in [-0.15, -0.1) is 11.3 Å². The summed E-state index contributed by atoms with van der Waals surface area (Å²) in [5.74, 6) is 0.988. The molecule has 2 unspecified atom stereocenters. The fourth-order valence-electron chi connectivity index (χ4n) is 4.09. The highest BCUT2D eigenvalue weighted by atomic mass is 35.5. The first kappa shape index (κ1) is 20.7. The maximum Gasteiger partial charge on any atom is 0.333 e. The van der Waals surface area contributed by atoms with E-state index in [9.17, 15) is 8.42 Å². The highest BCUT2D eigenvalue weighted by Gasteiger charge is 2.26. The molecule has 0 aliphatic heterocycles. The topological polar surface area (TPSA) is 112 Å². The van der Waals surface area contributed by atoms with Crippen molar-refractivity contribution >= 4 is 54.8 Å². The first-order valence-corrected chi connectivity index (χ1v) is 12.5. The van der Waals surface area contributed by atoms with Crippen molar-refractivity contribution in [2.45, 2.75) is 25.3 Å². The Morgan fingerprint density at radius 3 is 3.00 bits per heavy atom. The zero-order valence-corrected chi connectivity index (χ0v) is 18.8. The Labute approximate surface area is 188 Å². The normalized spacial score (nSPS) is 19.4. The smallest absolute Gasteiger partial charge is 0.333 e. The van der Waals surface area contributed by atoms with E-state index in [2.05, 4.69) is 15.7 Å². The molecule has 0 bridgehead atoms. The molecule has 1 saturated carbocycles. The molecule has 2 atom stereocenters. The number of nitrogens with two attached hydrogens (primary N) is 1. The summed E-state index contributed by atoms with van der Waals surface area (Å²) in [4.78, 5) is 4.45. The molecule has 162 valence electrons.